The van der Waals surface area contributed by atoms with Gasteiger partial charge in [0, 0.05) is 23.9 Å². The van der Waals surface area contributed by atoms with Crippen molar-refractivity contribution in [2.45, 2.75) is 6.18 Å². The molecule has 1 aromatic carbocycles. The fourth-order valence-electron chi connectivity index (χ4n) is 2.26. The summed E-state index contributed by atoms with van der Waals surface area (Å²) in [5.41, 5.74) is 0.279. The number of halogens is 3. The molecule has 8 heteroatoms. The maximum absolute atomic E-state index is 12.7. The first kappa shape index (κ1) is 17.9. The maximum Gasteiger partial charge on any atom is 0.416 e. The van der Waals surface area contributed by atoms with Crippen LogP contribution in [-0.4, -0.2) is 9.97 Å². The first-order valence-corrected chi connectivity index (χ1v) is 7.53. The Kier molecular flexibility index (Phi) is 4.73. The van der Waals surface area contributed by atoms with Gasteiger partial charge in [0.1, 0.15) is 17.5 Å². The van der Waals surface area contributed by atoms with Crippen LogP contribution in [0.4, 0.5) is 13.2 Å². The molecular weight excluding hydrogens is 357 g/mol. The van der Waals surface area contributed by atoms with Crippen molar-refractivity contribution in [2.75, 3.05) is 0 Å². The third-order valence-corrected chi connectivity index (χ3v) is 3.51. The first-order valence-electron chi connectivity index (χ1n) is 7.53. The molecule has 0 fully saturated rings. The van der Waals surface area contributed by atoms with Crippen LogP contribution in [0, 0.1) is 22.7 Å². The molecule has 0 spiro atoms. The van der Waals surface area contributed by atoms with Crippen molar-refractivity contribution in [2.24, 2.45) is 0 Å². The predicted molar refractivity (Wildman–Crippen MR) is 88.4 cm³/mol. The molecule has 0 bridgehead atoms. The molecule has 0 N–H and O–H groups in total. The van der Waals surface area contributed by atoms with Gasteiger partial charge in [0.25, 0.3) is 0 Å². The summed E-state index contributed by atoms with van der Waals surface area (Å²) < 4.78 is 43.7. The summed E-state index contributed by atoms with van der Waals surface area (Å²) in [7, 11) is 0. The number of nitriles is 2. The van der Waals surface area contributed by atoms with Crippen LogP contribution in [0.2, 0.25) is 0 Å². The van der Waals surface area contributed by atoms with Gasteiger partial charge in [0.05, 0.1) is 22.9 Å². The standard InChI is InChI=1S/C19H9F3N4O/c20-19(21,22)14-3-1-13(2-4-14)17-7-12(10-23)8-18(26-17)27-16-5-6-25-15(9-16)11-24/h1-9H. The zero-order chi connectivity index (χ0) is 19.4. The highest BCUT2D eigenvalue weighted by molar-refractivity contribution is 5.62. The molecule has 0 aliphatic rings. The first-order chi connectivity index (χ1) is 12.9. The van der Waals surface area contributed by atoms with Crippen molar-refractivity contribution in [3.05, 3.63) is 71.5 Å². The Labute approximate surface area is 151 Å². The molecule has 2 heterocycles. The van der Waals surface area contributed by atoms with Crippen molar-refractivity contribution in [3.63, 3.8) is 0 Å². The topological polar surface area (TPSA) is 82.6 Å². The minimum absolute atomic E-state index is 0.0686. The Morgan fingerprint density at radius 2 is 1.67 bits per heavy atom. The molecule has 0 aliphatic heterocycles. The van der Waals surface area contributed by atoms with E-state index in [0.717, 1.165) is 12.1 Å². The molecule has 5 nitrogen and oxygen atoms in total. The van der Waals surface area contributed by atoms with Crippen LogP contribution in [0.5, 0.6) is 11.6 Å². The summed E-state index contributed by atoms with van der Waals surface area (Å²) in [5.74, 6) is 0.363. The summed E-state index contributed by atoms with van der Waals surface area (Å²) in [4.78, 5) is 8.06. The van der Waals surface area contributed by atoms with Crippen LogP contribution in [0.15, 0.2) is 54.7 Å². The van der Waals surface area contributed by atoms with Crippen LogP contribution in [0.25, 0.3) is 11.3 Å². The van der Waals surface area contributed by atoms with E-state index in [4.69, 9.17) is 10.00 Å². The molecule has 0 aliphatic carbocycles. The molecular formula is C19H9F3N4O. The van der Waals surface area contributed by atoms with Crippen molar-refractivity contribution >= 4 is 0 Å². The van der Waals surface area contributed by atoms with Gasteiger partial charge in [-0.1, -0.05) is 12.1 Å². The summed E-state index contributed by atoms with van der Waals surface area (Å²) in [5, 5.41) is 18.1. The van der Waals surface area contributed by atoms with Gasteiger partial charge in [0.15, 0.2) is 0 Å². The van der Waals surface area contributed by atoms with Gasteiger partial charge in [-0.25, -0.2) is 9.97 Å². The third kappa shape index (κ3) is 4.20. The molecule has 0 amide bonds. The highest BCUT2D eigenvalue weighted by Crippen LogP contribution is 2.31. The number of ether oxygens (including phenoxy) is 1. The molecule has 0 radical (unpaired) electrons. The molecule has 3 aromatic rings. The number of rotatable bonds is 3. The normalized spacial score (nSPS) is 10.7. The van der Waals surface area contributed by atoms with Crippen molar-refractivity contribution in [1.29, 1.82) is 10.5 Å². The SMILES string of the molecule is N#Cc1cc(Oc2ccnc(C#N)c2)nc(-c2ccc(C(F)(F)F)cc2)c1. The van der Waals surface area contributed by atoms with E-state index in [9.17, 15) is 18.4 Å². The minimum atomic E-state index is -4.44. The average molecular weight is 366 g/mol. The summed E-state index contributed by atoms with van der Waals surface area (Å²) >= 11 is 0. The Morgan fingerprint density at radius 1 is 0.926 bits per heavy atom. The van der Waals surface area contributed by atoms with Gasteiger partial charge in [-0.05, 0) is 24.3 Å². The number of hydrogen-bond acceptors (Lipinski definition) is 5. The van der Waals surface area contributed by atoms with E-state index in [0.29, 0.717) is 11.3 Å². The van der Waals surface area contributed by atoms with Crippen molar-refractivity contribution < 1.29 is 17.9 Å². The van der Waals surface area contributed by atoms with Crippen molar-refractivity contribution in [3.8, 4) is 35.0 Å². The smallest absolute Gasteiger partial charge is 0.416 e. The Morgan fingerprint density at radius 3 is 2.30 bits per heavy atom. The second-order valence-electron chi connectivity index (χ2n) is 5.36. The lowest BCUT2D eigenvalue weighted by atomic mass is 10.1. The molecule has 2 aromatic heterocycles. The fourth-order valence-corrected chi connectivity index (χ4v) is 2.26. The van der Waals surface area contributed by atoms with Gasteiger partial charge >= 0.3 is 6.18 Å². The number of pyridine rings is 2. The summed E-state index contributed by atoms with van der Waals surface area (Å²) in [6.45, 7) is 0. The van der Waals surface area contributed by atoms with Crippen molar-refractivity contribution in [1.82, 2.24) is 9.97 Å². The Balaban J connectivity index is 1.96. The lowest BCUT2D eigenvalue weighted by Gasteiger charge is -2.10. The van der Waals surface area contributed by atoms with Crippen LogP contribution in [0.1, 0.15) is 16.8 Å². The van der Waals surface area contributed by atoms with Gasteiger partial charge < -0.3 is 4.74 Å². The summed E-state index contributed by atoms with van der Waals surface area (Å²) in [6.07, 6.45) is -3.05. The quantitative estimate of drug-likeness (QED) is 0.671. The number of nitrogens with zero attached hydrogens (tertiary/aromatic N) is 4. The van der Waals surface area contributed by atoms with Crippen LogP contribution in [0.3, 0.4) is 0 Å². The van der Waals surface area contributed by atoms with E-state index in [1.165, 1.54) is 42.6 Å². The van der Waals surface area contributed by atoms with Crippen LogP contribution >= 0.6 is 0 Å². The number of alkyl halides is 3. The Hall–Kier alpha value is -3.91. The second kappa shape index (κ2) is 7.14. The lowest BCUT2D eigenvalue weighted by Crippen LogP contribution is -2.04. The molecule has 27 heavy (non-hydrogen) atoms. The highest BCUT2D eigenvalue weighted by atomic mass is 19.4. The molecule has 0 atom stereocenters. The highest BCUT2D eigenvalue weighted by Gasteiger charge is 2.30. The van der Waals surface area contributed by atoms with E-state index in [2.05, 4.69) is 9.97 Å². The van der Waals surface area contributed by atoms with Crippen LogP contribution in [-0.2, 0) is 6.18 Å². The average Bonchev–Trinajstić information content (AvgIpc) is 2.67. The Bertz CT molecular complexity index is 1060. The molecule has 0 saturated carbocycles. The summed E-state index contributed by atoms with van der Waals surface area (Å²) in [6, 6.07) is 14.0. The lowest BCUT2D eigenvalue weighted by molar-refractivity contribution is -0.137. The predicted octanol–water partition coefficient (Wildman–Crippen LogP) is 4.70. The van der Waals surface area contributed by atoms with Gasteiger partial charge in [-0.15, -0.1) is 0 Å². The van der Waals surface area contributed by atoms with Gasteiger partial charge in [0.2, 0.25) is 5.88 Å². The van der Waals surface area contributed by atoms with E-state index in [1.54, 1.807) is 0 Å². The largest absolute Gasteiger partial charge is 0.439 e. The second-order valence-corrected chi connectivity index (χ2v) is 5.36. The van der Waals surface area contributed by atoms with Crippen LogP contribution < -0.4 is 4.74 Å². The monoisotopic (exact) mass is 366 g/mol. The fraction of sp³-hybridized carbons (Fsp3) is 0.0526. The number of hydrogen-bond donors (Lipinski definition) is 0. The number of benzene rings is 1. The number of aromatic nitrogens is 2. The van der Waals surface area contributed by atoms with E-state index >= 15 is 0 Å². The van der Waals surface area contributed by atoms with Gasteiger partial charge in [-0.3, -0.25) is 0 Å². The molecule has 0 saturated heterocycles. The maximum atomic E-state index is 12.7. The van der Waals surface area contributed by atoms with E-state index in [-0.39, 0.29) is 22.8 Å². The zero-order valence-corrected chi connectivity index (χ0v) is 13.5. The van der Waals surface area contributed by atoms with E-state index in [1.807, 2.05) is 12.1 Å². The third-order valence-electron chi connectivity index (χ3n) is 3.51. The molecule has 0 unspecified atom stereocenters. The molecule has 132 valence electrons. The van der Waals surface area contributed by atoms with E-state index < -0.39 is 11.7 Å². The zero-order valence-electron chi connectivity index (χ0n) is 13.5. The minimum Gasteiger partial charge on any atom is -0.439 e. The van der Waals surface area contributed by atoms with Gasteiger partial charge in [-0.2, -0.15) is 23.7 Å². The molecule has 3 rings (SSSR count).